The zero-order valence-corrected chi connectivity index (χ0v) is 18.1. The third-order valence-corrected chi connectivity index (χ3v) is 5.22. The highest BCUT2D eigenvalue weighted by atomic mass is 79.9. The van der Waals surface area contributed by atoms with Crippen molar-refractivity contribution < 1.29 is 13.9 Å². The lowest BCUT2D eigenvalue weighted by Gasteiger charge is -2.11. The Morgan fingerprint density at radius 3 is 2.83 bits per heavy atom. The number of rotatable bonds is 5. The van der Waals surface area contributed by atoms with Gasteiger partial charge in [-0.1, -0.05) is 12.1 Å². The van der Waals surface area contributed by atoms with Crippen LogP contribution in [0.2, 0.25) is 0 Å². The molecule has 1 aromatic carbocycles. The molecule has 1 N–H and O–H groups in total. The zero-order chi connectivity index (χ0) is 20.5. The van der Waals surface area contributed by atoms with E-state index in [1.807, 2.05) is 37.3 Å². The molecule has 0 unspecified atom stereocenters. The van der Waals surface area contributed by atoms with Gasteiger partial charge in [0.1, 0.15) is 29.6 Å². The minimum atomic E-state index is -0.256. The number of benzene rings is 1. The van der Waals surface area contributed by atoms with E-state index < -0.39 is 0 Å². The molecule has 148 valence electrons. The van der Waals surface area contributed by atoms with Gasteiger partial charge in [-0.3, -0.25) is 9.48 Å². The summed E-state index contributed by atoms with van der Waals surface area (Å²) in [5.41, 5.74) is 1.71. The number of aryl methyl sites for hydroxylation is 2. The maximum Gasteiger partial charge on any atom is 0.281 e. The van der Waals surface area contributed by atoms with Crippen LogP contribution in [0.15, 0.2) is 57.2 Å². The number of aromatic nitrogens is 2. The smallest absolute Gasteiger partial charge is 0.281 e. The predicted octanol–water partition coefficient (Wildman–Crippen LogP) is 3.93. The summed E-state index contributed by atoms with van der Waals surface area (Å²) >= 11 is 8.78. The van der Waals surface area contributed by atoms with Gasteiger partial charge < -0.3 is 14.5 Å². The van der Waals surface area contributed by atoms with Crippen molar-refractivity contribution in [3.63, 3.8) is 0 Å². The summed E-state index contributed by atoms with van der Waals surface area (Å²) in [5.74, 6) is 1.64. The largest absolute Gasteiger partial charge is 0.484 e. The number of hydrogen-bond acceptors (Lipinski definition) is 5. The molecule has 2 aromatic heterocycles. The van der Waals surface area contributed by atoms with Crippen molar-refractivity contribution in [3.8, 4) is 5.75 Å². The fraction of sp³-hybridized carbons (Fsp3) is 0.150. The number of amides is 1. The minimum Gasteiger partial charge on any atom is -0.484 e. The molecule has 4 rings (SSSR count). The molecule has 0 spiro atoms. The monoisotopic (exact) mass is 472 g/mol. The average molecular weight is 473 g/mol. The first-order valence-electron chi connectivity index (χ1n) is 8.76. The Hall–Kier alpha value is -2.91. The molecule has 1 amide bonds. The first-order chi connectivity index (χ1) is 13.9. The summed E-state index contributed by atoms with van der Waals surface area (Å²) in [7, 11) is 1.80. The number of carbonyl (C=O) groups is 1. The van der Waals surface area contributed by atoms with Crippen LogP contribution in [0, 0.1) is 6.92 Å². The maximum atomic E-state index is 12.8. The zero-order valence-electron chi connectivity index (χ0n) is 15.7. The second-order valence-electron chi connectivity index (χ2n) is 6.43. The van der Waals surface area contributed by atoms with Gasteiger partial charge >= 0.3 is 0 Å². The van der Waals surface area contributed by atoms with E-state index in [0.29, 0.717) is 28.0 Å². The Kier molecular flexibility index (Phi) is 5.25. The Bertz CT molecular complexity index is 1130. The second-order valence-corrected chi connectivity index (χ2v) is 7.67. The van der Waals surface area contributed by atoms with Crippen molar-refractivity contribution in [2.24, 2.45) is 7.05 Å². The van der Waals surface area contributed by atoms with Crippen molar-refractivity contribution in [1.82, 2.24) is 15.1 Å². The molecule has 0 bridgehead atoms. The van der Waals surface area contributed by atoms with Crippen LogP contribution >= 0.6 is 28.1 Å². The van der Waals surface area contributed by atoms with Crippen LogP contribution in [-0.4, -0.2) is 20.8 Å². The van der Waals surface area contributed by atoms with Crippen molar-refractivity contribution in [1.29, 1.82) is 0 Å². The highest BCUT2D eigenvalue weighted by Crippen LogP contribution is 2.27. The van der Waals surface area contributed by atoms with Crippen LogP contribution in [0.3, 0.4) is 0 Å². The van der Waals surface area contributed by atoms with E-state index in [0.717, 1.165) is 15.9 Å². The lowest BCUT2D eigenvalue weighted by atomic mass is 10.3. The first-order valence-corrected chi connectivity index (χ1v) is 9.96. The fourth-order valence-electron chi connectivity index (χ4n) is 2.96. The first kappa shape index (κ1) is 19.4. The molecular weight excluding hydrogens is 456 g/mol. The Morgan fingerprint density at radius 1 is 1.31 bits per heavy atom. The van der Waals surface area contributed by atoms with Crippen molar-refractivity contribution in [2.75, 3.05) is 4.90 Å². The number of halogens is 1. The Morgan fingerprint density at radius 2 is 2.10 bits per heavy atom. The van der Waals surface area contributed by atoms with E-state index in [1.54, 1.807) is 30.1 Å². The van der Waals surface area contributed by atoms with Crippen molar-refractivity contribution in [3.05, 3.63) is 70.0 Å². The molecular formula is C20H17BrN4O3S. The number of para-hydroxylation sites is 1. The molecule has 7 nitrogen and oxygen atoms in total. The molecule has 3 heterocycles. The minimum absolute atomic E-state index is 0.256. The number of ether oxygens (including phenoxy) is 1. The number of furan rings is 1. The van der Waals surface area contributed by atoms with Gasteiger partial charge in [-0.25, -0.2) is 4.90 Å². The maximum absolute atomic E-state index is 12.8. The van der Waals surface area contributed by atoms with Gasteiger partial charge in [0.25, 0.3) is 5.91 Å². The Balaban J connectivity index is 1.49. The second kappa shape index (κ2) is 7.84. The van der Waals surface area contributed by atoms with E-state index in [1.165, 1.54) is 4.90 Å². The van der Waals surface area contributed by atoms with Gasteiger partial charge in [0, 0.05) is 19.3 Å². The van der Waals surface area contributed by atoms with E-state index in [4.69, 9.17) is 21.4 Å². The summed E-state index contributed by atoms with van der Waals surface area (Å²) in [4.78, 5) is 14.3. The highest BCUT2D eigenvalue weighted by Gasteiger charge is 2.34. The molecule has 29 heavy (non-hydrogen) atoms. The van der Waals surface area contributed by atoms with Crippen LogP contribution in [0.4, 0.5) is 5.69 Å². The molecule has 1 saturated heterocycles. The molecule has 9 heteroatoms. The molecule has 1 aliphatic heterocycles. The van der Waals surface area contributed by atoms with Gasteiger partial charge in [0.2, 0.25) is 0 Å². The molecule has 1 aliphatic rings. The number of thiocarbonyl (C=S) groups is 1. The van der Waals surface area contributed by atoms with Gasteiger partial charge in [-0.15, -0.1) is 0 Å². The number of hydrogen-bond donors (Lipinski definition) is 1. The van der Waals surface area contributed by atoms with Gasteiger partial charge in [-0.2, -0.15) is 5.10 Å². The quantitative estimate of drug-likeness (QED) is 0.448. The van der Waals surface area contributed by atoms with Crippen molar-refractivity contribution in [2.45, 2.75) is 13.5 Å². The standard InChI is InChI=1S/C20H17BrN4O3S/c1-12-17(10-24(2)23-12)25-19(26)16(22-20(25)29)9-13-7-8-14(28-13)11-27-18-6-4-3-5-15(18)21/h3-10H,11H2,1-2H3,(H,22,29)/b16-9+. The normalized spacial score (nSPS) is 15.3. The SMILES string of the molecule is Cc1nn(C)cc1N1C(=O)/C(=C\c2ccc(COc3ccccc3Br)o2)NC1=S. The Labute approximate surface area is 181 Å². The summed E-state index contributed by atoms with van der Waals surface area (Å²) in [6.45, 7) is 2.10. The van der Waals surface area contributed by atoms with Gasteiger partial charge in [0.05, 0.1) is 15.9 Å². The predicted molar refractivity (Wildman–Crippen MR) is 116 cm³/mol. The fourth-order valence-corrected chi connectivity index (χ4v) is 3.65. The van der Waals surface area contributed by atoms with Crippen LogP contribution in [0.1, 0.15) is 17.2 Å². The van der Waals surface area contributed by atoms with E-state index in [-0.39, 0.29) is 12.5 Å². The third kappa shape index (κ3) is 3.96. The van der Waals surface area contributed by atoms with Crippen molar-refractivity contribution >= 4 is 50.9 Å². The number of anilines is 1. The molecule has 0 radical (unpaired) electrons. The number of carbonyl (C=O) groups excluding carboxylic acids is 1. The molecule has 1 fully saturated rings. The van der Waals surface area contributed by atoms with Crippen LogP contribution in [0.25, 0.3) is 6.08 Å². The molecule has 0 aliphatic carbocycles. The average Bonchev–Trinajstić information content (AvgIpc) is 3.33. The lowest BCUT2D eigenvalue weighted by molar-refractivity contribution is -0.113. The molecule has 0 atom stereocenters. The van der Waals surface area contributed by atoms with E-state index >= 15 is 0 Å². The summed E-state index contributed by atoms with van der Waals surface area (Å²) in [5, 5.41) is 7.52. The number of nitrogens with one attached hydrogen (secondary N) is 1. The van der Waals surface area contributed by atoms with E-state index in [9.17, 15) is 4.79 Å². The van der Waals surface area contributed by atoms with Gasteiger partial charge in [-0.05, 0) is 59.3 Å². The molecule has 0 saturated carbocycles. The summed E-state index contributed by atoms with van der Waals surface area (Å²) in [6.07, 6.45) is 3.39. The van der Waals surface area contributed by atoms with Gasteiger partial charge in [0.15, 0.2) is 5.11 Å². The van der Waals surface area contributed by atoms with Crippen LogP contribution in [-0.2, 0) is 18.4 Å². The lowest BCUT2D eigenvalue weighted by Crippen LogP contribution is -2.30. The van der Waals surface area contributed by atoms with Crippen LogP contribution in [0.5, 0.6) is 5.75 Å². The van der Waals surface area contributed by atoms with Crippen LogP contribution < -0.4 is 15.0 Å². The highest BCUT2D eigenvalue weighted by molar-refractivity contribution is 9.10. The number of nitrogens with zero attached hydrogens (tertiary/aromatic N) is 3. The third-order valence-electron chi connectivity index (χ3n) is 4.28. The topological polar surface area (TPSA) is 72.5 Å². The molecule has 3 aromatic rings. The summed E-state index contributed by atoms with van der Waals surface area (Å²) in [6, 6.07) is 11.2. The summed E-state index contributed by atoms with van der Waals surface area (Å²) < 4.78 is 14.0. The van der Waals surface area contributed by atoms with E-state index in [2.05, 4.69) is 26.3 Å².